The summed E-state index contributed by atoms with van der Waals surface area (Å²) in [4.78, 5) is 17.3. The first-order valence-electron chi connectivity index (χ1n) is 7.66. The average Bonchev–Trinajstić information content (AvgIpc) is 2.51. The van der Waals surface area contributed by atoms with Crippen molar-refractivity contribution in [2.24, 2.45) is 0 Å². The predicted molar refractivity (Wildman–Crippen MR) is 80.5 cm³/mol. The van der Waals surface area contributed by atoms with Crippen LogP contribution in [-0.2, 0) is 24.4 Å². The molecule has 0 aromatic rings. The SMILES string of the molecule is CS(=O)(=O)N1CCO[C@H](CNC(=O)CCN2CCCCO2)C1. The van der Waals surface area contributed by atoms with Crippen LogP contribution in [-0.4, -0.2) is 82.0 Å². The fraction of sp³-hybridized carbons (Fsp3) is 0.923. The van der Waals surface area contributed by atoms with Gasteiger partial charge < -0.3 is 10.1 Å². The number of carbonyl (C=O) groups is 1. The van der Waals surface area contributed by atoms with Gasteiger partial charge in [0.1, 0.15) is 0 Å². The molecule has 22 heavy (non-hydrogen) atoms. The van der Waals surface area contributed by atoms with E-state index in [4.69, 9.17) is 9.57 Å². The van der Waals surface area contributed by atoms with Gasteiger partial charge in [0.15, 0.2) is 0 Å². The molecule has 2 fully saturated rings. The van der Waals surface area contributed by atoms with Gasteiger partial charge in [0, 0.05) is 39.1 Å². The Balaban J connectivity index is 1.65. The van der Waals surface area contributed by atoms with Gasteiger partial charge >= 0.3 is 0 Å². The number of ether oxygens (including phenoxy) is 1. The maximum atomic E-state index is 11.8. The summed E-state index contributed by atoms with van der Waals surface area (Å²) in [6, 6.07) is 0. The molecule has 2 aliphatic heterocycles. The summed E-state index contributed by atoms with van der Waals surface area (Å²) in [6.07, 6.45) is 3.42. The van der Waals surface area contributed by atoms with E-state index in [1.165, 1.54) is 10.6 Å². The Morgan fingerprint density at radius 2 is 2.09 bits per heavy atom. The lowest BCUT2D eigenvalue weighted by Gasteiger charge is -2.31. The van der Waals surface area contributed by atoms with Gasteiger partial charge in [-0.1, -0.05) is 0 Å². The number of hydroxylamine groups is 2. The minimum absolute atomic E-state index is 0.0748. The van der Waals surface area contributed by atoms with Crippen molar-refractivity contribution in [3.63, 3.8) is 0 Å². The molecule has 2 rings (SSSR count). The van der Waals surface area contributed by atoms with E-state index in [0.29, 0.717) is 32.7 Å². The van der Waals surface area contributed by atoms with Gasteiger partial charge in [-0.2, -0.15) is 9.37 Å². The quantitative estimate of drug-likeness (QED) is 0.682. The van der Waals surface area contributed by atoms with Gasteiger partial charge in [0.25, 0.3) is 0 Å². The van der Waals surface area contributed by atoms with Crippen LogP contribution < -0.4 is 5.32 Å². The molecule has 1 N–H and O–H groups in total. The molecule has 2 heterocycles. The van der Waals surface area contributed by atoms with Crippen LogP contribution in [0, 0.1) is 0 Å². The van der Waals surface area contributed by atoms with Gasteiger partial charge in [-0.15, -0.1) is 0 Å². The van der Waals surface area contributed by atoms with Crippen molar-refractivity contribution in [2.45, 2.75) is 25.4 Å². The highest BCUT2D eigenvalue weighted by molar-refractivity contribution is 7.88. The van der Waals surface area contributed by atoms with Crippen molar-refractivity contribution in [1.82, 2.24) is 14.7 Å². The summed E-state index contributed by atoms with van der Waals surface area (Å²) < 4.78 is 29.9. The normalized spacial score (nSPS) is 25.0. The molecule has 2 saturated heterocycles. The highest BCUT2D eigenvalue weighted by Crippen LogP contribution is 2.09. The summed E-state index contributed by atoms with van der Waals surface area (Å²) in [5, 5.41) is 4.62. The molecule has 9 heteroatoms. The smallest absolute Gasteiger partial charge is 0.221 e. The number of amides is 1. The molecule has 1 amide bonds. The Bertz CT molecular complexity index is 464. The average molecular weight is 335 g/mol. The monoisotopic (exact) mass is 335 g/mol. The fourth-order valence-corrected chi connectivity index (χ4v) is 3.33. The molecule has 1 atom stereocenters. The van der Waals surface area contributed by atoms with Crippen LogP contribution in [0.25, 0.3) is 0 Å². The van der Waals surface area contributed by atoms with Crippen LogP contribution >= 0.6 is 0 Å². The van der Waals surface area contributed by atoms with Crippen LogP contribution in [0.5, 0.6) is 0 Å². The molecule has 0 spiro atoms. The van der Waals surface area contributed by atoms with E-state index >= 15 is 0 Å². The second-order valence-corrected chi connectivity index (χ2v) is 7.62. The minimum Gasteiger partial charge on any atom is -0.374 e. The van der Waals surface area contributed by atoms with E-state index in [0.717, 1.165) is 26.0 Å². The van der Waals surface area contributed by atoms with Gasteiger partial charge in [-0.3, -0.25) is 9.63 Å². The second kappa shape index (κ2) is 8.21. The zero-order chi connectivity index (χ0) is 16.0. The lowest BCUT2D eigenvalue weighted by molar-refractivity contribution is -0.181. The largest absolute Gasteiger partial charge is 0.374 e. The minimum atomic E-state index is -3.20. The lowest BCUT2D eigenvalue weighted by Crippen LogP contribution is -2.49. The molecular weight excluding hydrogens is 310 g/mol. The third kappa shape index (κ3) is 5.81. The van der Waals surface area contributed by atoms with Crippen molar-refractivity contribution in [3.05, 3.63) is 0 Å². The number of nitrogens with one attached hydrogen (secondary N) is 1. The topological polar surface area (TPSA) is 88.2 Å². The van der Waals surface area contributed by atoms with Gasteiger partial charge in [0.2, 0.25) is 15.9 Å². The van der Waals surface area contributed by atoms with Crippen LogP contribution in [0.1, 0.15) is 19.3 Å². The van der Waals surface area contributed by atoms with Gasteiger partial charge in [-0.25, -0.2) is 8.42 Å². The summed E-state index contributed by atoms with van der Waals surface area (Å²) >= 11 is 0. The zero-order valence-corrected chi connectivity index (χ0v) is 13.8. The van der Waals surface area contributed by atoms with E-state index in [1.54, 1.807) is 0 Å². The van der Waals surface area contributed by atoms with Crippen molar-refractivity contribution < 1.29 is 22.8 Å². The Morgan fingerprint density at radius 1 is 1.27 bits per heavy atom. The molecule has 0 aromatic carbocycles. The molecule has 0 aromatic heterocycles. The Labute approximate surface area is 131 Å². The molecule has 0 aliphatic carbocycles. The third-order valence-electron chi connectivity index (χ3n) is 3.76. The first-order valence-corrected chi connectivity index (χ1v) is 9.51. The van der Waals surface area contributed by atoms with Gasteiger partial charge in [0.05, 0.1) is 25.6 Å². The summed E-state index contributed by atoms with van der Waals surface area (Å²) in [5.74, 6) is -0.0748. The van der Waals surface area contributed by atoms with Crippen molar-refractivity contribution in [2.75, 3.05) is 52.2 Å². The summed E-state index contributed by atoms with van der Waals surface area (Å²) in [7, 11) is -3.20. The fourth-order valence-electron chi connectivity index (χ4n) is 2.48. The van der Waals surface area contributed by atoms with E-state index < -0.39 is 10.0 Å². The summed E-state index contributed by atoms with van der Waals surface area (Å²) in [6.45, 7) is 3.50. The number of hydrogen-bond donors (Lipinski definition) is 1. The van der Waals surface area contributed by atoms with Crippen LogP contribution in [0.2, 0.25) is 0 Å². The number of rotatable bonds is 6. The van der Waals surface area contributed by atoms with Crippen molar-refractivity contribution in [1.29, 1.82) is 0 Å². The molecule has 8 nitrogen and oxygen atoms in total. The van der Waals surface area contributed by atoms with Crippen LogP contribution in [0.4, 0.5) is 0 Å². The first-order chi connectivity index (χ1) is 10.4. The van der Waals surface area contributed by atoms with Gasteiger partial charge in [-0.05, 0) is 12.8 Å². The van der Waals surface area contributed by atoms with E-state index in [1.807, 2.05) is 5.06 Å². The Morgan fingerprint density at radius 3 is 2.77 bits per heavy atom. The maximum Gasteiger partial charge on any atom is 0.221 e. The van der Waals surface area contributed by atoms with Crippen molar-refractivity contribution in [3.8, 4) is 0 Å². The number of morpholine rings is 1. The van der Waals surface area contributed by atoms with Crippen LogP contribution in [0.3, 0.4) is 0 Å². The van der Waals surface area contributed by atoms with Crippen LogP contribution in [0.15, 0.2) is 0 Å². The molecule has 0 radical (unpaired) electrons. The van der Waals surface area contributed by atoms with E-state index in [9.17, 15) is 13.2 Å². The Hall–Kier alpha value is -0.740. The number of nitrogens with zero attached hydrogens (tertiary/aromatic N) is 2. The summed E-state index contributed by atoms with van der Waals surface area (Å²) in [5.41, 5.74) is 0. The number of hydrogen-bond acceptors (Lipinski definition) is 6. The molecule has 0 saturated carbocycles. The molecule has 0 bridgehead atoms. The van der Waals surface area contributed by atoms with E-state index in [-0.39, 0.29) is 18.6 Å². The molecule has 128 valence electrons. The zero-order valence-electron chi connectivity index (χ0n) is 13.0. The standard InChI is InChI=1S/C13H25N3O5S/c1-22(18,19)16-7-9-20-12(11-16)10-14-13(17)4-6-15-5-2-3-8-21-15/h12H,2-11H2,1H3,(H,14,17)/t12-/m1/s1. The molecule has 0 unspecified atom stereocenters. The third-order valence-corrected chi connectivity index (χ3v) is 5.03. The predicted octanol–water partition coefficient (Wildman–Crippen LogP) is -0.819. The number of sulfonamides is 1. The first kappa shape index (κ1) is 17.6. The highest BCUT2D eigenvalue weighted by atomic mass is 32.2. The maximum absolute atomic E-state index is 11.8. The van der Waals surface area contributed by atoms with Crippen molar-refractivity contribution >= 4 is 15.9 Å². The highest BCUT2D eigenvalue weighted by Gasteiger charge is 2.26. The lowest BCUT2D eigenvalue weighted by atomic mass is 10.2. The Kier molecular flexibility index (Phi) is 6.57. The number of carbonyl (C=O) groups excluding carboxylic acids is 1. The van der Waals surface area contributed by atoms with E-state index in [2.05, 4.69) is 5.32 Å². The molecular formula is C13H25N3O5S. The second-order valence-electron chi connectivity index (χ2n) is 5.64. The molecule has 2 aliphatic rings.